The fraction of sp³-hybridized carbons (Fsp3) is 0.500. The van der Waals surface area contributed by atoms with E-state index in [0.29, 0.717) is 13.2 Å². The van der Waals surface area contributed by atoms with E-state index in [0.717, 1.165) is 18.7 Å². The molecule has 0 saturated carbocycles. The van der Waals surface area contributed by atoms with Gasteiger partial charge in [0, 0.05) is 6.54 Å². The third kappa shape index (κ3) is 4.16. The van der Waals surface area contributed by atoms with E-state index in [1.807, 2.05) is 6.92 Å². The van der Waals surface area contributed by atoms with Gasteiger partial charge in [0.05, 0.1) is 20.3 Å². The Balaban J connectivity index is 2.34. The van der Waals surface area contributed by atoms with Gasteiger partial charge in [-0.3, -0.25) is 0 Å². The van der Waals surface area contributed by atoms with Crippen LogP contribution in [0.5, 0.6) is 5.75 Å². The maximum atomic E-state index is 13.3. The van der Waals surface area contributed by atoms with Gasteiger partial charge in [0.25, 0.3) is 0 Å². The summed E-state index contributed by atoms with van der Waals surface area (Å²) in [5, 5.41) is 3.15. The zero-order valence-electron chi connectivity index (χ0n) is 9.75. The van der Waals surface area contributed by atoms with Gasteiger partial charge in [-0.1, -0.05) is 13.0 Å². The smallest absolute Gasteiger partial charge is 0.165 e. The normalized spacial score (nSPS) is 10.4. The van der Waals surface area contributed by atoms with E-state index in [2.05, 4.69) is 5.32 Å². The first-order valence-electron chi connectivity index (χ1n) is 5.38. The third-order valence-electron chi connectivity index (χ3n) is 2.16. The van der Waals surface area contributed by atoms with Crippen LogP contribution in [0.4, 0.5) is 4.39 Å². The molecule has 0 aliphatic heterocycles. The van der Waals surface area contributed by atoms with Crippen LogP contribution in [0.1, 0.15) is 12.5 Å². The summed E-state index contributed by atoms with van der Waals surface area (Å²) in [7, 11) is 1.45. The highest BCUT2D eigenvalue weighted by atomic mass is 19.1. The van der Waals surface area contributed by atoms with Crippen molar-refractivity contribution in [3.8, 4) is 5.75 Å². The number of halogens is 1. The fourth-order valence-electron chi connectivity index (χ4n) is 1.31. The molecule has 0 saturated heterocycles. The molecule has 0 heterocycles. The molecule has 1 aromatic carbocycles. The number of likely N-dealkylation sites (N-methyl/N-ethyl adjacent to an activating group) is 1. The van der Waals surface area contributed by atoms with Crippen LogP contribution in [0.3, 0.4) is 0 Å². The van der Waals surface area contributed by atoms with Crippen LogP contribution in [0.2, 0.25) is 0 Å². The standard InChI is InChI=1S/C12H18FNO2/c1-3-14-6-7-16-9-10-4-5-12(15-2)11(13)8-10/h4-5,8,14H,3,6-7,9H2,1-2H3. The molecule has 3 nitrogen and oxygen atoms in total. The van der Waals surface area contributed by atoms with Crippen molar-refractivity contribution in [3.63, 3.8) is 0 Å². The maximum absolute atomic E-state index is 13.3. The van der Waals surface area contributed by atoms with Crippen molar-refractivity contribution in [2.24, 2.45) is 0 Å². The first kappa shape index (κ1) is 12.9. The van der Waals surface area contributed by atoms with Crippen molar-refractivity contribution >= 4 is 0 Å². The largest absolute Gasteiger partial charge is 0.494 e. The van der Waals surface area contributed by atoms with Crippen molar-refractivity contribution in [1.82, 2.24) is 5.32 Å². The minimum atomic E-state index is -0.352. The average Bonchev–Trinajstić information content (AvgIpc) is 2.29. The summed E-state index contributed by atoms with van der Waals surface area (Å²) in [5.41, 5.74) is 0.815. The fourth-order valence-corrected chi connectivity index (χ4v) is 1.31. The summed E-state index contributed by atoms with van der Waals surface area (Å²) in [6.07, 6.45) is 0. The second-order valence-electron chi connectivity index (χ2n) is 3.38. The molecule has 4 heteroatoms. The molecule has 0 aliphatic rings. The van der Waals surface area contributed by atoms with Gasteiger partial charge in [-0.25, -0.2) is 4.39 Å². The number of hydrogen-bond acceptors (Lipinski definition) is 3. The third-order valence-corrected chi connectivity index (χ3v) is 2.16. The maximum Gasteiger partial charge on any atom is 0.165 e. The molecular weight excluding hydrogens is 209 g/mol. The van der Waals surface area contributed by atoms with Crippen molar-refractivity contribution in [1.29, 1.82) is 0 Å². The second-order valence-corrected chi connectivity index (χ2v) is 3.38. The number of hydrogen-bond donors (Lipinski definition) is 1. The van der Waals surface area contributed by atoms with E-state index in [9.17, 15) is 4.39 Å². The first-order valence-corrected chi connectivity index (χ1v) is 5.38. The monoisotopic (exact) mass is 227 g/mol. The minimum Gasteiger partial charge on any atom is -0.494 e. The molecule has 0 bridgehead atoms. The Bertz CT molecular complexity index is 318. The predicted octanol–water partition coefficient (Wildman–Crippen LogP) is 1.96. The molecule has 0 unspecified atom stereocenters. The Morgan fingerprint density at radius 1 is 1.38 bits per heavy atom. The van der Waals surface area contributed by atoms with Crippen LogP contribution in [0, 0.1) is 5.82 Å². The molecule has 0 aromatic heterocycles. The summed E-state index contributed by atoms with van der Waals surface area (Å²) in [5.74, 6) is -0.0910. The molecule has 0 radical (unpaired) electrons. The Labute approximate surface area is 95.6 Å². The molecule has 0 atom stereocenters. The Morgan fingerprint density at radius 3 is 2.81 bits per heavy atom. The molecule has 1 rings (SSSR count). The highest BCUT2D eigenvalue weighted by Gasteiger charge is 2.03. The molecule has 1 N–H and O–H groups in total. The lowest BCUT2D eigenvalue weighted by atomic mass is 10.2. The van der Waals surface area contributed by atoms with Crippen LogP contribution >= 0.6 is 0 Å². The van der Waals surface area contributed by atoms with Gasteiger partial charge in [-0.15, -0.1) is 0 Å². The van der Waals surface area contributed by atoms with E-state index in [1.54, 1.807) is 12.1 Å². The van der Waals surface area contributed by atoms with Crippen LogP contribution in [0.15, 0.2) is 18.2 Å². The number of methoxy groups -OCH3 is 1. The van der Waals surface area contributed by atoms with Gasteiger partial charge in [-0.05, 0) is 24.2 Å². The molecule has 0 spiro atoms. The van der Waals surface area contributed by atoms with Crippen molar-refractivity contribution in [2.45, 2.75) is 13.5 Å². The van der Waals surface area contributed by atoms with Gasteiger partial charge in [0.2, 0.25) is 0 Å². The Kier molecular flexibility index (Phi) is 5.82. The Morgan fingerprint density at radius 2 is 2.19 bits per heavy atom. The Hall–Kier alpha value is -1.13. The summed E-state index contributed by atoms with van der Waals surface area (Å²) >= 11 is 0. The van der Waals surface area contributed by atoms with Gasteiger partial charge < -0.3 is 14.8 Å². The molecule has 0 aliphatic carbocycles. The van der Waals surface area contributed by atoms with E-state index < -0.39 is 0 Å². The van der Waals surface area contributed by atoms with Crippen LogP contribution < -0.4 is 10.1 Å². The zero-order valence-corrected chi connectivity index (χ0v) is 9.75. The summed E-state index contributed by atoms with van der Waals surface area (Å²) in [6, 6.07) is 4.85. The lowest BCUT2D eigenvalue weighted by molar-refractivity contribution is 0.123. The molecule has 1 aromatic rings. The average molecular weight is 227 g/mol. The van der Waals surface area contributed by atoms with Gasteiger partial charge >= 0.3 is 0 Å². The summed E-state index contributed by atoms with van der Waals surface area (Å²) in [6.45, 7) is 4.84. The van der Waals surface area contributed by atoms with Crippen molar-refractivity contribution in [2.75, 3.05) is 26.8 Å². The first-order chi connectivity index (χ1) is 7.77. The number of benzene rings is 1. The van der Waals surface area contributed by atoms with Crippen molar-refractivity contribution in [3.05, 3.63) is 29.6 Å². The quantitative estimate of drug-likeness (QED) is 0.722. The lowest BCUT2D eigenvalue weighted by Crippen LogP contribution is -2.18. The van der Waals surface area contributed by atoms with Crippen LogP contribution in [0.25, 0.3) is 0 Å². The highest BCUT2D eigenvalue weighted by Crippen LogP contribution is 2.17. The van der Waals surface area contributed by atoms with E-state index in [1.165, 1.54) is 13.2 Å². The predicted molar refractivity (Wildman–Crippen MR) is 61.2 cm³/mol. The molecule has 90 valence electrons. The molecule has 0 fully saturated rings. The molecule has 0 amide bonds. The van der Waals surface area contributed by atoms with Gasteiger partial charge in [-0.2, -0.15) is 0 Å². The van der Waals surface area contributed by atoms with Crippen LogP contribution in [-0.2, 0) is 11.3 Å². The summed E-state index contributed by atoms with van der Waals surface area (Å²) < 4.78 is 23.5. The number of ether oxygens (including phenoxy) is 2. The molecule has 16 heavy (non-hydrogen) atoms. The van der Waals surface area contributed by atoms with Crippen LogP contribution in [-0.4, -0.2) is 26.8 Å². The topological polar surface area (TPSA) is 30.5 Å². The number of rotatable bonds is 7. The van der Waals surface area contributed by atoms with Gasteiger partial charge in [0.1, 0.15) is 0 Å². The van der Waals surface area contributed by atoms with E-state index in [4.69, 9.17) is 9.47 Å². The number of nitrogens with one attached hydrogen (secondary N) is 1. The van der Waals surface area contributed by atoms with Gasteiger partial charge in [0.15, 0.2) is 11.6 Å². The zero-order chi connectivity index (χ0) is 11.8. The van der Waals surface area contributed by atoms with Crippen molar-refractivity contribution < 1.29 is 13.9 Å². The SMILES string of the molecule is CCNCCOCc1ccc(OC)c(F)c1. The van der Waals surface area contributed by atoms with E-state index in [-0.39, 0.29) is 11.6 Å². The second kappa shape index (κ2) is 7.19. The highest BCUT2D eigenvalue weighted by molar-refractivity contribution is 5.28. The molecular formula is C12H18FNO2. The lowest BCUT2D eigenvalue weighted by Gasteiger charge is -2.06. The minimum absolute atomic E-state index is 0.261. The summed E-state index contributed by atoms with van der Waals surface area (Å²) in [4.78, 5) is 0. The van der Waals surface area contributed by atoms with E-state index >= 15 is 0 Å².